The number of carboxylic acid groups (broad SMARTS) is 3. The van der Waals surface area contributed by atoms with Crippen molar-refractivity contribution in [1.82, 2.24) is 42.1 Å². The molecular formula is C92H131N9O28S. The summed E-state index contributed by atoms with van der Waals surface area (Å²) < 4.78 is 0. The lowest BCUT2D eigenvalue weighted by atomic mass is 9.85. The number of aromatic hydroxyl groups is 2. The Morgan fingerprint density at radius 1 is 0.446 bits per heavy atom. The number of amides is 8. The largest absolute Gasteiger partial charge is 0.508 e. The van der Waals surface area contributed by atoms with Crippen molar-refractivity contribution in [2.24, 2.45) is 59.0 Å². The van der Waals surface area contributed by atoms with E-state index < -0.39 is 280 Å². The maximum atomic E-state index is 14.8. The number of phenols is 2. The van der Waals surface area contributed by atoms with Crippen LogP contribution in [0.5, 0.6) is 11.5 Å². The van der Waals surface area contributed by atoms with Crippen LogP contribution < -0.4 is 43.0 Å². The molecule has 0 unspecified atom stereocenters. The number of benzene rings is 3. The molecule has 1 heterocycles. The first-order valence-electron chi connectivity index (χ1n) is 44.1. The molecule has 1 fully saturated rings. The number of carbonyl (C=O) groups excluding carboxylic acids is 16. The minimum Gasteiger partial charge on any atom is -0.508 e. The lowest BCUT2D eigenvalue weighted by Gasteiger charge is -2.28. The molecule has 0 radical (unpaired) electrons. The Labute approximate surface area is 760 Å². The number of unbranched alkanes of at least 4 members (excludes halogenated alkanes) is 1. The van der Waals surface area contributed by atoms with Crippen molar-refractivity contribution in [3.63, 3.8) is 0 Å². The van der Waals surface area contributed by atoms with Crippen LogP contribution in [0, 0.1) is 53.3 Å². The molecule has 0 aliphatic carbocycles. The molecule has 4 rings (SSSR count). The Balaban J connectivity index is 1.53. The molecule has 0 aromatic heterocycles. The fourth-order valence-corrected chi connectivity index (χ4v) is 15.8. The highest BCUT2D eigenvalue weighted by atomic mass is 32.2. The average molecular weight is 1840 g/mol. The van der Waals surface area contributed by atoms with Gasteiger partial charge in [0, 0.05) is 95.2 Å². The number of rotatable bonds is 67. The van der Waals surface area contributed by atoms with Crippen molar-refractivity contribution >= 4 is 123 Å². The number of carboxylic acids is 3. The zero-order valence-corrected chi connectivity index (χ0v) is 75.8. The van der Waals surface area contributed by atoms with Crippen molar-refractivity contribution in [1.29, 1.82) is 0 Å². The molecule has 0 saturated carbocycles. The Kier molecular flexibility index (Phi) is 49.5. The van der Waals surface area contributed by atoms with Crippen LogP contribution in [0.3, 0.4) is 0 Å². The van der Waals surface area contributed by atoms with E-state index in [1.807, 2.05) is 0 Å². The number of aliphatic carboxylic acids is 3. The summed E-state index contributed by atoms with van der Waals surface area (Å²) >= 11 is 1.01. The second-order valence-electron chi connectivity index (χ2n) is 34.2. The maximum absolute atomic E-state index is 14.8. The van der Waals surface area contributed by atoms with Gasteiger partial charge in [-0.1, -0.05) is 95.1 Å². The van der Waals surface area contributed by atoms with E-state index in [0.29, 0.717) is 62.9 Å². The predicted molar refractivity (Wildman–Crippen MR) is 474 cm³/mol. The number of likely N-dealkylation sites (tertiary alicyclic amines) is 1. The number of aliphatic hydroxyl groups is 4. The number of Topliss-reactive ketones (excluding diaryl/α,β-unsaturated/α-hetero) is 8. The summed E-state index contributed by atoms with van der Waals surface area (Å²) in [7, 11) is 0. The molecule has 38 heteroatoms. The third-order valence-corrected chi connectivity index (χ3v) is 23.8. The molecule has 37 nitrogen and oxygen atoms in total. The van der Waals surface area contributed by atoms with E-state index in [9.17, 15) is 137 Å². The lowest BCUT2D eigenvalue weighted by Crippen LogP contribution is -2.52. The number of nitrogens with zero attached hydrogens (tertiary/aromatic N) is 1. The summed E-state index contributed by atoms with van der Waals surface area (Å²) in [4.78, 5) is 261. The standard InChI is InChI=1S/C92H131N9O28S/c1-8-53(4)85(80(115)41-61(35-58-21-26-65(106)27-22-58)88(125)96-72(34-52(2)3)76(111)39-62(43-83(119)120)87(124)95-54(5)16-12-13-31-93)100-90(127)64(48-102)42-77(112)73(37-59-23-28-66(107)29-24-59)97-89(126)63(44-84(121)122)40-78(113)75(49-103)99-92(129)71(56(7)105)46-79(114)74(36-57-17-10-9-11-18-57)98-91(128)70(55(6)104)45-68(109)47-94-86(123)60(25-30-82(117)118)38-69(110)51-130-50-67(108)19-14-32-101-33-15-20-81(101)116/h9-11,17-18,21-24,26-29,52-56,60-64,70-75,85,102-107H,8,12-16,19-20,25,30-51,93H2,1-7H3,(H,94,123)(H,95,124)(H,96,125)(H,97,126)(H,98,128)(H,99,129)(H,100,127)(H,117,118)(H,119,120)(H,121,122)/t53-,54+,55+,56+,60+,61+,62-,63-,64-,70-,71-,72-,73-,74-,75-,85-/m0/s1. The van der Waals surface area contributed by atoms with Gasteiger partial charge in [0.15, 0.2) is 34.7 Å². The number of hydrogen-bond acceptors (Lipinski definition) is 27. The van der Waals surface area contributed by atoms with Crippen LogP contribution >= 0.6 is 11.8 Å². The molecular weight excluding hydrogens is 1710 g/mol. The highest BCUT2D eigenvalue weighted by Gasteiger charge is 2.41. The fourth-order valence-electron chi connectivity index (χ4n) is 15.0. The summed E-state index contributed by atoms with van der Waals surface area (Å²) in [6.45, 7) is 9.25. The van der Waals surface area contributed by atoms with Crippen LogP contribution in [-0.4, -0.2) is 262 Å². The zero-order valence-electron chi connectivity index (χ0n) is 75.0. The number of ketones is 8. The van der Waals surface area contributed by atoms with Crippen LogP contribution in [0.15, 0.2) is 78.9 Å². The summed E-state index contributed by atoms with van der Waals surface area (Å²) in [6, 6.07) is 10.5. The fraction of sp³-hybridized carbons (Fsp3) is 0.598. The van der Waals surface area contributed by atoms with E-state index in [-0.39, 0.29) is 90.7 Å². The molecule has 0 bridgehead atoms. The second-order valence-corrected chi connectivity index (χ2v) is 35.2. The Morgan fingerprint density at radius 3 is 1.44 bits per heavy atom. The van der Waals surface area contributed by atoms with Gasteiger partial charge >= 0.3 is 17.9 Å². The monoisotopic (exact) mass is 1840 g/mol. The number of thioether (sulfide) groups is 1. The zero-order chi connectivity index (χ0) is 97.0. The Bertz CT molecular complexity index is 4320. The van der Waals surface area contributed by atoms with Gasteiger partial charge in [-0.05, 0) is 138 Å². The number of carbonyl (C=O) groups is 19. The van der Waals surface area contributed by atoms with E-state index in [0.717, 1.165) is 32.0 Å². The van der Waals surface area contributed by atoms with Gasteiger partial charge in [0.2, 0.25) is 47.3 Å². The third kappa shape index (κ3) is 40.9. The topological polar surface area (TPSA) is 620 Å². The number of aliphatic hydroxyl groups excluding tert-OH is 4. The van der Waals surface area contributed by atoms with Gasteiger partial charge in [-0.25, -0.2) is 0 Å². The van der Waals surface area contributed by atoms with E-state index in [1.54, 1.807) is 69.9 Å². The Morgan fingerprint density at radius 2 is 0.923 bits per heavy atom. The predicted octanol–water partition coefficient (Wildman–Crippen LogP) is 2.68. The van der Waals surface area contributed by atoms with Gasteiger partial charge in [0.05, 0.1) is 110 Å². The van der Waals surface area contributed by atoms with Gasteiger partial charge in [0.1, 0.15) is 29.1 Å². The van der Waals surface area contributed by atoms with Gasteiger partial charge in [-0.15, -0.1) is 11.8 Å². The van der Waals surface area contributed by atoms with E-state index in [1.165, 1.54) is 48.5 Å². The quantitative estimate of drug-likeness (QED) is 0.0361. The third-order valence-electron chi connectivity index (χ3n) is 22.8. The highest BCUT2D eigenvalue weighted by Crippen LogP contribution is 2.27. The van der Waals surface area contributed by atoms with Crippen molar-refractivity contribution in [3.8, 4) is 11.5 Å². The van der Waals surface area contributed by atoms with E-state index >= 15 is 0 Å². The SMILES string of the molecule is CC[C@H](C)[C@H](NC(=O)[C@H](CO)CC(=O)[C@H](Cc1ccc(O)cc1)NC(=O)[C@H](CC(=O)O)CC(=O)[C@H](CO)NC(=O)[C@@H](CC(=O)[C@H](Cc1ccccc1)NC(=O)[C@@H](CC(=O)CNC(=O)[C@H](CCC(=O)O)CC(=O)CSCC(=O)CCCN1CCCC1=O)[C@@H](C)O)[C@@H](C)O)C(=O)C[C@@H](Cc1ccc(O)cc1)C(=O)N[C@@H](CC(C)C)C(=O)C[C@@H](CC(=O)O)C(=O)N[C@H](C)CCCCN. The van der Waals surface area contributed by atoms with Gasteiger partial charge in [-0.3, -0.25) is 91.1 Å². The molecule has 130 heavy (non-hydrogen) atoms. The lowest BCUT2D eigenvalue weighted by molar-refractivity contribution is -0.143. The van der Waals surface area contributed by atoms with Crippen molar-refractivity contribution < 1.29 is 137 Å². The maximum Gasteiger partial charge on any atom is 0.304 e. The van der Waals surface area contributed by atoms with Crippen molar-refractivity contribution in [3.05, 3.63) is 95.6 Å². The van der Waals surface area contributed by atoms with Gasteiger partial charge in [-0.2, -0.15) is 0 Å². The molecule has 18 N–H and O–H groups in total. The molecule has 0 spiro atoms. The molecule has 1 aliphatic rings. The molecule has 718 valence electrons. The van der Waals surface area contributed by atoms with E-state index in [2.05, 4.69) is 37.2 Å². The van der Waals surface area contributed by atoms with Gasteiger partial charge < -0.3 is 93.8 Å². The van der Waals surface area contributed by atoms with Crippen LogP contribution in [0.25, 0.3) is 0 Å². The number of phenolic OH excluding ortho intramolecular Hbond substituents is 2. The molecule has 16 atom stereocenters. The highest BCUT2D eigenvalue weighted by molar-refractivity contribution is 8.00. The summed E-state index contributed by atoms with van der Waals surface area (Å²) in [6.07, 6.45) is -8.20. The second kappa shape index (κ2) is 57.9. The van der Waals surface area contributed by atoms with Gasteiger partial charge in [0.25, 0.3) is 0 Å². The first-order chi connectivity index (χ1) is 61.4. The molecule has 8 amide bonds. The average Bonchev–Trinajstić information content (AvgIpc) is 1.82. The summed E-state index contributed by atoms with van der Waals surface area (Å²) in [5.74, 6) is -29.6. The van der Waals surface area contributed by atoms with Crippen molar-refractivity contribution in [2.45, 2.75) is 245 Å². The molecule has 1 saturated heterocycles. The van der Waals surface area contributed by atoms with Crippen LogP contribution in [0.4, 0.5) is 0 Å². The molecule has 3 aromatic carbocycles. The van der Waals surface area contributed by atoms with Crippen molar-refractivity contribution in [2.75, 3.05) is 50.9 Å². The van der Waals surface area contributed by atoms with Crippen LogP contribution in [0.2, 0.25) is 0 Å². The number of nitrogens with one attached hydrogen (secondary N) is 7. The summed E-state index contributed by atoms with van der Waals surface area (Å²) in [5.41, 5.74) is 6.78. The first kappa shape index (κ1) is 111. The van der Waals surface area contributed by atoms with Crippen LogP contribution in [-0.2, 0) is 110 Å². The minimum atomic E-state index is -1.99. The normalized spacial score (nSPS) is 15.7. The number of nitrogens with two attached hydrogens (primary N) is 1. The Hall–Kier alpha value is -11.1. The minimum absolute atomic E-state index is 0.0249. The summed E-state index contributed by atoms with van der Waals surface area (Å²) in [5, 5.41) is 111. The molecule has 3 aromatic rings. The number of hydrogen-bond donors (Lipinski definition) is 17. The molecule has 1 aliphatic heterocycles. The smallest absolute Gasteiger partial charge is 0.304 e. The first-order valence-corrected chi connectivity index (χ1v) is 45.3. The van der Waals surface area contributed by atoms with E-state index in [4.69, 9.17) is 5.73 Å². The van der Waals surface area contributed by atoms with Crippen LogP contribution in [0.1, 0.15) is 194 Å².